The molecular weight excluding hydrogens is 244 g/mol. The number of fused-ring (bicyclic) bond motifs is 1. The third-order valence-corrected chi connectivity index (χ3v) is 4.05. The van der Waals surface area contributed by atoms with Crippen LogP contribution < -0.4 is 5.32 Å². The molecule has 0 fully saturated rings. The fourth-order valence-electron chi connectivity index (χ4n) is 2.69. The number of aromatic nitrogens is 1. The van der Waals surface area contributed by atoms with Crippen molar-refractivity contribution in [2.24, 2.45) is 5.92 Å². The van der Waals surface area contributed by atoms with Gasteiger partial charge in [0.25, 0.3) is 0 Å². The van der Waals surface area contributed by atoms with Gasteiger partial charge < -0.3 is 9.88 Å². The highest BCUT2D eigenvalue weighted by Gasteiger charge is 2.05. The van der Waals surface area contributed by atoms with Gasteiger partial charge in [-0.1, -0.05) is 26.0 Å². The van der Waals surface area contributed by atoms with Crippen LogP contribution >= 0.6 is 0 Å². The average Bonchev–Trinajstić information content (AvgIpc) is 2.81. The lowest BCUT2D eigenvalue weighted by atomic mass is 10.0. The largest absolute Gasteiger partial charge is 0.346 e. The molecule has 1 atom stereocenters. The number of hydrogen-bond donors (Lipinski definition) is 1. The van der Waals surface area contributed by atoms with Crippen LogP contribution in [-0.4, -0.2) is 17.2 Å². The topological polar surface area (TPSA) is 17.0 Å². The fourth-order valence-corrected chi connectivity index (χ4v) is 2.69. The molecule has 1 aromatic heterocycles. The molecule has 0 aliphatic rings. The third kappa shape index (κ3) is 3.86. The summed E-state index contributed by atoms with van der Waals surface area (Å²) in [6.45, 7) is 11.1. The molecule has 2 nitrogen and oxygen atoms in total. The minimum Gasteiger partial charge on any atom is -0.346 e. The maximum absolute atomic E-state index is 3.63. The summed E-state index contributed by atoms with van der Waals surface area (Å²) in [5.41, 5.74) is 2.71. The molecule has 110 valence electrons. The van der Waals surface area contributed by atoms with Gasteiger partial charge >= 0.3 is 0 Å². The van der Waals surface area contributed by atoms with Crippen molar-refractivity contribution in [1.82, 2.24) is 9.88 Å². The van der Waals surface area contributed by atoms with Crippen LogP contribution in [0, 0.1) is 12.8 Å². The van der Waals surface area contributed by atoms with Crippen LogP contribution in [0.3, 0.4) is 0 Å². The number of nitrogens with zero attached hydrogens (tertiary/aromatic N) is 1. The molecule has 1 heterocycles. The van der Waals surface area contributed by atoms with Gasteiger partial charge in [-0.2, -0.15) is 0 Å². The Morgan fingerprint density at radius 3 is 2.65 bits per heavy atom. The van der Waals surface area contributed by atoms with Crippen molar-refractivity contribution in [2.75, 3.05) is 6.54 Å². The number of rotatable bonds is 7. The van der Waals surface area contributed by atoms with E-state index in [0.717, 1.165) is 19.0 Å². The monoisotopic (exact) mass is 272 g/mol. The molecule has 0 aliphatic carbocycles. The molecule has 0 radical (unpaired) electrons. The van der Waals surface area contributed by atoms with E-state index in [9.17, 15) is 0 Å². The van der Waals surface area contributed by atoms with Crippen LogP contribution in [0.25, 0.3) is 10.9 Å². The van der Waals surface area contributed by atoms with Crippen LogP contribution in [0.15, 0.2) is 30.5 Å². The van der Waals surface area contributed by atoms with Gasteiger partial charge in [0, 0.05) is 36.2 Å². The Morgan fingerprint density at radius 1 is 1.10 bits per heavy atom. The van der Waals surface area contributed by atoms with Gasteiger partial charge in [0.05, 0.1) is 0 Å². The lowest BCUT2D eigenvalue weighted by Gasteiger charge is -2.15. The van der Waals surface area contributed by atoms with Crippen LogP contribution in [-0.2, 0) is 6.54 Å². The predicted octanol–water partition coefficient (Wildman–Crippen LogP) is 4.36. The maximum Gasteiger partial charge on any atom is 0.0483 e. The van der Waals surface area contributed by atoms with E-state index in [4.69, 9.17) is 0 Å². The Morgan fingerprint density at radius 2 is 1.90 bits per heavy atom. The van der Waals surface area contributed by atoms with Crippen LogP contribution in [0.5, 0.6) is 0 Å². The van der Waals surface area contributed by atoms with Crippen molar-refractivity contribution in [2.45, 2.75) is 53.1 Å². The second-order valence-corrected chi connectivity index (χ2v) is 6.34. The Kier molecular flexibility index (Phi) is 5.24. The summed E-state index contributed by atoms with van der Waals surface area (Å²) in [5, 5.41) is 5.01. The molecular formula is C18H28N2. The molecule has 2 aromatic rings. The zero-order chi connectivity index (χ0) is 14.5. The van der Waals surface area contributed by atoms with Crippen molar-refractivity contribution >= 4 is 10.9 Å². The lowest BCUT2D eigenvalue weighted by Crippen LogP contribution is -2.29. The van der Waals surface area contributed by atoms with Crippen LogP contribution in [0.1, 0.15) is 39.2 Å². The van der Waals surface area contributed by atoms with Crippen LogP contribution in [0.4, 0.5) is 0 Å². The number of nitrogens with one attached hydrogen (secondary N) is 1. The summed E-state index contributed by atoms with van der Waals surface area (Å²) >= 11 is 0. The Labute approximate surface area is 123 Å². The minimum absolute atomic E-state index is 0.612. The van der Waals surface area contributed by atoms with Gasteiger partial charge in [-0.15, -0.1) is 0 Å². The van der Waals surface area contributed by atoms with Gasteiger partial charge in [-0.3, -0.25) is 0 Å². The smallest absolute Gasteiger partial charge is 0.0483 e. The first kappa shape index (κ1) is 15.1. The van der Waals surface area contributed by atoms with E-state index in [2.05, 4.69) is 68.0 Å². The van der Waals surface area contributed by atoms with Crippen molar-refractivity contribution < 1.29 is 0 Å². The fraction of sp³-hybridized carbons (Fsp3) is 0.556. The quantitative estimate of drug-likeness (QED) is 0.792. The molecule has 0 spiro atoms. The van der Waals surface area contributed by atoms with E-state index in [-0.39, 0.29) is 0 Å². The Hall–Kier alpha value is -1.28. The minimum atomic E-state index is 0.612. The maximum atomic E-state index is 3.63. The second-order valence-electron chi connectivity index (χ2n) is 6.34. The first-order valence-electron chi connectivity index (χ1n) is 7.85. The molecule has 1 N–H and O–H groups in total. The molecule has 2 rings (SSSR count). The van der Waals surface area contributed by atoms with Gasteiger partial charge in [0.2, 0.25) is 0 Å². The van der Waals surface area contributed by atoms with Gasteiger partial charge in [-0.05, 0) is 50.3 Å². The zero-order valence-electron chi connectivity index (χ0n) is 13.3. The van der Waals surface area contributed by atoms with Gasteiger partial charge in [0.1, 0.15) is 0 Å². The van der Waals surface area contributed by atoms with Gasteiger partial charge in [0.15, 0.2) is 0 Å². The SMILES string of the molecule is Cc1cccc2c1ccn2CCNC(C)CCC(C)C. The number of benzene rings is 1. The van der Waals surface area contributed by atoms with E-state index in [0.29, 0.717) is 6.04 Å². The summed E-state index contributed by atoms with van der Waals surface area (Å²) < 4.78 is 2.35. The Bertz CT molecular complexity index is 539. The number of aryl methyl sites for hydroxylation is 1. The van der Waals surface area contributed by atoms with Crippen LogP contribution in [0.2, 0.25) is 0 Å². The van der Waals surface area contributed by atoms with Crippen molar-refractivity contribution in [1.29, 1.82) is 0 Å². The first-order valence-corrected chi connectivity index (χ1v) is 7.85. The molecule has 0 saturated heterocycles. The lowest BCUT2D eigenvalue weighted by molar-refractivity contribution is 0.443. The highest BCUT2D eigenvalue weighted by Crippen LogP contribution is 2.19. The second kappa shape index (κ2) is 6.94. The van der Waals surface area contributed by atoms with E-state index >= 15 is 0 Å². The molecule has 0 amide bonds. The van der Waals surface area contributed by atoms with Crippen molar-refractivity contribution in [3.05, 3.63) is 36.0 Å². The Balaban J connectivity index is 1.86. The highest BCUT2D eigenvalue weighted by molar-refractivity contribution is 5.83. The van der Waals surface area contributed by atoms with Gasteiger partial charge in [-0.25, -0.2) is 0 Å². The average molecular weight is 272 g/mol. The van der Waals surface area contributed by atoms with E-state index in [1.165, 1.54) is 29.3 Å². The van der Waals surface area contributed by atoms with E-state index in [1.54, 1.807) is 0 Å². The summed E-state index contributed by atoms with van der Waals surface area (Å²) in [6.07, 6.45) is 4.78. The normalized spacial score (nSPS) is 13.2. The predicted molar refractivity (Wildman–Crippen MR) is 88.2 cm³/mol. The van der Waals surface area contributed by atoms with E-state index < -0.39 is 0 Å². The number of hydrogen-bond acceptors (Lipinski definition) is 1. The van der Waals surface area contributed by atoms with Crippen molar-refractivity contribution in [3.8, 4) is 0 Å². The van der Waals surface area contributed by atoms with E-state index in [1.807, 2.05) is 0 Å². The molecule has 1 aromatic carbocycles. The zero-order valence-corrected chi connectivity index (χ0v) is 13.3. The molecule has 0 bridgehead atoms. The molecule has 2 heteroatoms. The molecule has 1 unspecified atom stereocenters. The molecule has 0 aliphatic heterocycles. The standard InChI is InChI=1S/C18H28N2/c1-14(2)8-9-16(4)19-11-13-20-12-10-17-15(3)6-5-7-18(17)20/h5-7,10,12,14,16,19H,8-9,11,13H2,1-4H3. The third-order valence-electron chi connectivity index (χ3n) is 4.05. The molecule has 20 heavy (non-hydrogen) atoms. The summed E-state index contributed by atoms with van der Waals surface area (Å²) in [5.74, 6) is 0.801. The highest BCUT2D eigenvalue weighted by atomic mass is 15.0. The molecule has 0 saturated carbocycles. The van der Waals surface area contributed by atoms with Crippen molar-refractivity contribution in [3.63, 3.8) is 0 Å². The summed E-state index contributed by atoms with van der Waals surface area (Å²) in [4.78, 5) is 0. The first-order chi connectivity index (χ1) is 9.58. The summed E-state index contributed by atoms with van der Waals surface area (Å²) in [7, 11) is 0. The summed E-state index contributed by atoms with van der Waals surface area (Å²) in [6, 6.07) is 9.38.